The molecule has 1 N–H and O–H groups in total. The van der Waals surface area contributed by atoms with Crippen LogP contribution >= 0.6 is 0 Å². The van der Waals surface area contributed by atoms with E-state index in [0.717, 1.165) is 25.6 Å². The van der Waals surface area contributed by atoms with Crippen LogP contribution in [0, 0.1) is 5.92 Å². The summed E-state index contributed by atoms with van der Waals surface area (Å²) in [7, 11) is 0. The molecule has 0 bridgehead atoms. The van der Waals surface area contributed by atoms with Crippen LogP contribution in [0.4, 0.5) is 0 Å². The molecule has 0 aliphatic rings. The summed E-state index contributed by atoms with van der Waals surface area (Å²) < 4.78 is 4.09. The summed E-state index contributed by atoms with van der Waals surface area (Å²) in [5.41, 5.74) is 0. The van der Waals surface area contributed by atoms with Gasteiger partial charge in [-0.15, -0.1) is 0 Å². The summed E-state index contributed by atoms with van der Waals surface area (Å²) in [6.07, 6.45) is 2.63. The van der Waals surface area contributed by atoms with Crippen molar-refractivity contribution in [2.24, 2.45) is 9.41 Å². The van der Waals surface area contributed by atoms with Gasteiger partial charge in [0.05, 0.1) is 0 Å². The molecule has 0 aliphatic heterocycles. The zero-order valence-corrected chi connectivity index (χ0v) is 10.4. The van der Waals surface area contributed by atoms with E-state index in [4.69, 9.17) is 0 Å². The molecular weight excluding hydrogens is 308 g/mol. The second kappa shape index (κ2) is 8.54. The summed E-state index contributed by atoms with van der Waals surface area (Å²) in [5.74, 6) is 0.845. The van der Waals surface area contributed by atoms with Crippen molar-refractivity contribution in [3.05, 3.63) is 0 Å². The standard InChI is InChI=1S/C8H18N2.W/c1-8(2)4-3-6-10-7-5-9;/h8,10H,3-7H2,1-2H3;. The molecule has 0 heterocycles. The summed E-state index contributed by atoms with van der Waals surface area (Å²) in [6, 6.07) is 0. The van der Waals surface area contributed by atoms with Gasteiger partial charge < -0.3 is 0 Å². The molecule has 0 aliphatic carbocycles. The molecule has 0 radical (unpaired) electrons. The van der Waals surface area contributed by atoms with E-state index in [-0.39, 0.29) is 0 Å². The van der Waals surface area contributed by atoms with Gasteiger partial charge in [-0.05, 0) is 0 Å². The van der Waals surface area contributed by atoms with Crippen LogP contribution in [0.5, 0.6) is 0 Å². The first-order valence-corrected chi connectivity index (χ1v) is 5.58. The topological polar surface area (TPSA) is 24.4 Å². The molecule has 0 aromatic heterocycles. The zero-order chi connectivity index (χ0) is 8.53. The SMILES string of the molecule is CC(C)CCCNCC[N]=[W]. The molecule has 0 saturated carbocycles. The minimum atomic E-state index is 0.845. The third-order valence-corrected chi connectivity index (χ3v) is 2.17. The molecule has 0 saturated heterocycles. The molecular formula is C8H18N2W. The molecule has 0 spiro atoms. The van der Waals surface area contributed by atoms with Gasteiger partial charge in [0.2, 0.25) is 0 Å². The van der Waals surface area contributed by atoms with Crippen molar-refractivity contribution in [1.82, 2.24) is 5.32 Å². The minimum absolute atomic E-state index is 0.845. The average Bonchev–Trinajstić information content (AvgIpc) is 1.96. The van der Waals surface area contributed by atoms with Crippen LogP contribution in [-0.2, 0) is 19.6 Å². The molecule has 0 atom stereocenters. The van der Waals surface area contributed by atoms with Crippen LogP contribution in [-0.4, -0.2) is 19.6 Å². The Morgan fingerprint density at radius 1 is 1.36 bits per heavy atom. The molecule has 0 unspecified atom stereocenters. The number of nitrogens with zero attached hydrogens (tertiary/aromatic N) is 1. The van der Waals surface area contributed by atoms with E-state index in [1.54, 1.807) is 0 Å². The Bertz CT molecular complexity index is 94.1. The van der Waals surface area contributed by atoms with E-state index >= 15 is 0 Å². The summed E-state index contributed by atoms with van der Waals surface area (Å²) in [4.78, 5) is 0. The molecule has 0 amide bonds. The molecule has 0 aromatic rings. The van der Waals surface area contributed by atoms with Crippen LogP contribution in [0.2, 0.25) is 0 Å². The van der Waals surface area contributed by atoms with Crippen molar-refractivity contribution in [1.29, 1.82) is 0 Å². The van der Waals surface area contributed by atoms with E-state index < -0.39 is 0 Å². The van der Waals surface area contributed by atoms with Gasteiger partial charge in [0.1, 0.15) is 0 Å². The first kappa shape index (κ1) is 11.4. The van der Waals surface area contributed by atoms with Gasteiger partial charge in [0.15, 0.2) is 0 Å². The Balaban J connectivity index is 2.85. The van der Waals surface area contributed by atoms with Crippen molar-refractivity contribution < 1.29 is 19.6 Å². The summed E-state index contributed by atoms with van der Waals surface area (Å²) >= 11 is 1.34. The Labute approximate surface area is 80.9 Å². The predicted octanol–water partition coefficient (Wildman–Crippen LogP) is 1.74. The monoisotopic (exact) mass is 326 g/mol. The van der Waals surface area contributed by atoms with E-state index in [2.05, 4.69) is 22.7 Å². The second-order valence-corrected chi connectivity index (χ2v) is 4.07. The molecule has 66 valence electrons. The molecule has 0 fully saturated rings. The van der Waals surface area contributed by atoms with Crippen molar-refractivity contribution >= 4 is 0 Å². The summed E-state index contributed by atoms with van der Waals surface area (Å²) in [5, 5.41) is 3.36. The first-order valence-electron chi connectivity index (χ1n) is 4.27. The molecule has 3 heteroatoms. The Kier molecular flexibility index (Phi) is 8.89. The van der Waals surface area contributed by atoms with E-state index in [1.807, 2.05) is 0 Å². The van der Waals surface area contributed by atoms with Crippen molar-refractivity contribution in [3.63, 3.8) is 0 Å². The summed E-state index contributed by atoms with van der Waals surface area (Å²) in [6.45, 7) is 7.73. The van der Waals surface area contributed by atoms with Crippen molar-refractivity contribution in [2.45, 2.75) is 26.7 Å². The molecule has 0 aromatic carbocycles. The van der Waals surface area contributed by atoms with Crippen LogP contribution in [0.1, 0.15) is 26.7 Å². The number of rotatable bonds is 7. The second-order valence-electron chi connectivity index (χ2n) is 3.14. The number of hydrogen-bond acceptors (Lipinski definition) is 2. The zero-order valence-electron chi connectivity index (χ0n) is 7.47. The van der Waals surface area contributed by atoms with Gasteiger partial charge in [-0.3, -0.25) is 0 Å². The van der Waals surface area contributed by atoms with Crippen molar-refractivity contribution in [3.8, 4) is 0 Å². The Morgan fingerprint density at radius 3 is 2.64 bits per heavy atom. The average molecular weight is 326 g/mol. The van der Waals surface area contributed by atoms with Crippen LogP contribution in [0.15, 0.2) is 3.50 Å². The van der Waals surface area contributed by atoms with Crippen LogP contribution < -0.4 is 5.32 Å². The van der Waals surface area contributed by atoms with Gasteiger partial charge in [-0.25, -0.2) is 0 Å². The number of hydrogen-bond donors (Lipinski definition) is 1. The first-order chi connectivity index (χ1) is 5.27. The molecule has 11 heavy (non-hydrogen) atoms. The maximum absolute atomic E-state index is 4.09. The van der Waals surface area contributed by atoms with Gasteiger partial charge >= 0.3 is 80.7 Å². The predicted molar refractivity (Wildman–Crippen MR) is 44.2 cm³/mol. The van der Waals surface area contributed by atoms with Crippen LogP contribution in [0.3, 0.4) is 0 Å². The molecule has 0 rings (SSSR count). The van der Waals surface area contributed by atoms with Gasteiger partial charge in [-0.1, -0.05) is 0 Å². The fourth-order valence-corrected chi connectivity index (χ4v) is 1.21. The van der Waals surface area contributed by atoms with Gasteiger partial charge in [0, 0.05) is 0 Å². The van der Waals surface area contributed by atoms with Gasteiger partial charge in [-0.2, -0.15) is 0 Å². The number of nitrogens with one attached hydrogen (secondary N) is 1. The van der Waals surface area contributed by atoms with E-state index in [9.17, 15) is 0 Å². The van der Waals surface area contributed by atoms with E-state index in [0.29, 0.717) is 0 Å². The van der Waals surface area contributed by atoms with Crippen molar-refractivity contribution in [2.75, 3.05) is 19.6 Å². The van der Waals surface area contributed by atoms with E-state index in [1.165, 1.54) is 32.5 Å². The third-order valence-electron chi connectivity index (χ3n) is 1.51. The molecule has 2 nitrogen and oxygen atoms in total. The van der Waals surface area contributed by atoms with Gasteiger partial charge in [0.25, 0.3) is 0 Å². The fourth-order valence-electron chi connectivity index (χ4n) is 0.885. The van der Waals surface area contributed by atoms with Crippen LogP contribution in [0.25, 0.3) is 0 Å². The normalized spacial score (nSPS) is 10.5. The maximum atomic E-state index is 4.09. The Morgan fingerprint density at radius 2 is 2.09 bits per heavy atom. The quantitative estimate of drug-likeness (QED) is 0.708. The third kappa shape index (κ3) is 10.4. The Hall–Kier alpha value is 0.448. The fraction of sp³-hybridized carbons (Fsp3) is 1.00.